The molecule has 2 heterocycles. The Morgan fingerprint density at radius 1 is 1.00 bits per heavy atom. The van der Waals surface area contributed by atoms with Gasteiger partial charge in [-0.25, -0.2) is 9.59 Å². The van der Waals surface area contributed by atoms with Gasteiger partial charge in [0.2, 0.25) is 5.91 Å². The van der Waals surface area contributed by atoms with E-state index in [9.17, 15) is 4.79 Å². The zero-order valence-electron chi connectivity index (χ0n) is 16.7. The lowest BCUT2D eigenvalue weighted by molar-refractivity contribution is -0.159. The highest BCUT2D eigenvalue weighted by Crippen LogP contribution is 2.24. The van der Waals surface area contributed by atoms with Gasteiger partial charge in [0.05, 0.1) is 0 Å². The first-order chi connectivity index (χ1) is 13.8. The van der Waals surface area contributed by atoms with Gasteiger partial charge in [0, 0.05) is 30.6 Å². The summed E-state index contributed by atoms with van der Waals surface area (Å²) in [5, 5.41) is 15.6. The van der Waals surface area contributed by atoms with Crippen LogP contribution in [0.2, 0.25) is 5.02 Å². The molecule has 2 aliphatic rings. The molecule has 2 aliphatic heterocycles. The molecule has 0 radical (unpaired) electrons. The molecule has 29 heavy (non-hydrogen) atoms. The summed E-state index contributed by atoms with van der Waals surface area (Å²) in [6.07, 6.45) is 4.43. The molecule has 160 valence electrons. The van der Waals surface area contributed by atoms with Crippen molar-refractivity contribution in [2.45, 2.75) is 39.2 Å². The van der Waals surface area contributed by atoms with Gasteiger partial charge in [-0.05, 0) is 62.4 Å². The van der Waals surface area contributed by atoms with Crippen molar-refractivity contribution in [3.8, 4) is 0 Å². The molecule has 2 fully saturated rings. The number of hydrogen-bond acceptors (Lipinski definition) is 4. The van der Waals surface area contributed by atoms with Crippen molar-refractivity contribution in [2.75, 3.05) is 26.2 Å². The van der Waals surface area contributed by atoms with Crippen LogP contribution in [0, 0.1) is 11.8 Å². The zero-order chi connectivity index (χ0) is 21.4. The van der Waals surface area contributed by atoms with E-state index in [1.807, 2.05) is 12.1 Å². The van der Waals surface area contributed by atoms with E-state index >= 15 is 0 Å². The summed E-state index contributed by atoms with van der Waals surface area (Å²) in [6, 6.07) is 8.08. The molecule has 2 saturated heterocycles. The third kappa shape index (κ3) is 7.66. The van der Waals surface area contributed by atoms with E-state index < -0.39 is 11.9 Å². The van der Waals surface area contributed by atoms with E-state index in [2.05, 4.69) is 28.9 Å². The van der Waals surface area contributed by atoms with Crippen LogP contribution >= 0.6 is 11.6 Å². The third-order valence-corrected chi connectivity index (χ3v) is 5.66. The third-order valence-electron chi connectivity index (χ3n) is 5.41. The molecule has 8 heteroatoms. The van der Waals surface area contributed by atoms with Crippen molar-refractivity contribution in [1.29, 1.82) is 0 Å². The largest absolute Gasteiger partial charge is 0.473 e. The molecule has 1 unspecified atom stereocenters. The monoisotopic (exact) mass is 424 g/mol. The van der Waals surface area contributed by atoms with Crippen LogP contribution in [-0.2, 0) is 20.9 Å². The molecule has 0 spiro atoms. The number of nitrogens with zero attached hydrogens (tertiary/aromatic N) is 2. The van der Waals surface area contributed by atoms with Crippen molar-refractivity contribution in [3.05, 3.63) is 34.9 Å². The minimum absolute atomic E-state index is 0.238. The van der Waals surface area contributed by atoms with Gasteiger partial charge < -0.3 is 15.1 Å². The average Bonchev–Trinajstić information content (AvgIpc) is 2.70. The minimum Gasteiger partial charge on any atom is -0.473 e. The first kappa shape index (κ1) is 23.2. The number of rotatable bonds is 3. The number of carbonyl (C=O) groups excluding carboxylic acids is 1. The summed E-state index contributed by atoms with van der Waals surface area (Å²) < 4.78 is 0. The van der Waals surface area contributed by atoms with Gasteiger partial charge in [0.1, 0.15) is 0 Å². The number of amides is 1. The first-order valence-electron chi connectivity index (χ1n) is 9.98. The van der Waals surface area contributed by atoms with Gasteiger partial charge >= 0.3 is 11.9 Å². The summed E-state index contributed by atoms with van der Waals surface area (Å²) in [4.78, 5) is 35.5. The lowest BCUT2D eigenvalue weighted by Gasteiger charge is -2.37. The molecule has 0 bridgehead atoms. The molecule has 2 N–H and O–H groups in total. The Hall–Kier alpha value is -2.12. The summed E-state index contributed by atoms with van der Waals surface area (Å²) in [5.41, 5.74) is 1.30. The Balaban J connectivity index is 0.000000438. The van der Waals surface area contributed by atoms with E-state index in [-0.39, 0.29) is 5.92 Å². The molecule has 0 saturated carbocycles. The molecular weight excluding hydrogens is 396 g/mol. The lowest BCUT2D eigenvalue weighted by Crippen LogP contribution is -2.45. The molecule has 7 nitrogen and oxygen atoms in total. The Bertz CT molecular complexity index is 690. The standard InChI is InChI=1S/C19H27ClN2O.C2H2O4/c1-15-3-2-10-22(13-15)19(23)17-8-11-21(12-9-17)14-16-4-6-18(20)7-5-16;3-1(4)2(5)6/h4-7,15,17H,2-3,8-14H2,1H3;(H,3,4)(H,5,6). The number of carboxylic acids is 2. The van der Waals surface area contributed by atoms with Crippen LogP contribution in [0.4, 0.5) is 0 Å². The van der Waals surface area contributed by atoms with Crippen LogP contribution in [0.1, 0.15) is 38.2 Å². The second-order valence-corrected chi connectivity index (χ2v) is 8.26. The van der Waals surface area contributed by atoms with Crippen LogP contribution in [0.3, 0.4) is 0 Å². The number of carbonyl (C=O) groups is 3. The van der Waals surface area contributed by atoms with Crippen LogP contribution in [-0.4, -0.2) is 64.0 Å². The first-order valence-corrected chi connectivity index (χ1v) is 10.4. The highest BCUT2D eigenvalue weighted by atomic mass is 35.5. The maximum atomic E-state index is 12.7. The highest BCUT2D eigenvalue weighted by molar-refractivity contribution is 6.30. The number of piperidine rings is 2. The minimum atomic E-state index is -1.82. The molecule has 3 rings (SSSR count). The summed E-state index contributed by atoms with van der Waals surface area (Å²) >= 11 is 5.94. The number of hydrogen-bond donors (Lipinski definition) is 2. The molecular formula is C21H29ClN2O5. The van der Waals surface area contributed by atoms with Crippen LogP contribution < -0.4 is 0 Å². The Labute approximate surface area is 176 Å². The van der Waals surface area contributed by atoms with Gasteiger partial charge in [-0.2, -0.15) is 0 Å². The molecule has 0 aromatic heterocycles. The molecule has 1 atom stereocenters. The van der Waals surface area contributed by atoms with E-state index in [0.717, 1.165) is 50.6 Å². The quantitative estimate of drug-likeness (QED) is 0.724. The number of aliphatic carboxylic acids is 2. The van der Waals surface area contributed by atoms with Crippen molar-refractivity contribution < 1.29 is 24.6 Å². The number of benzene rings is 1. The van der Waals surface area contributed by atoms with Crippen molar-refractivity contribution in [1.82, 2.24) is 9.80 Å². The van der Waals surface area contributed by atoms with E-state index in [4.69, 9.17) is 31.4 Å². The number of likely N-dealkylation sites (tertiary alicyclic amines) is 2. The van der Waals surface area contributed by atoms with E-state index in [1.165, 1.54) is 18.4 Å². The number of halogens is 1. The predicted octanol–water partition coefficient (Wildman–Crippen LogP) is 2.97. The topological polar surface area (TPSA) is 98.2 Å². The van der Waals surface area contributed by atoms with Crippen LogP contribution in [0.5, 0.6) is 0 Å². The lowest BCUT2D eigenvalue weighted by atomic mass is 9.92. The molecule has 1 aromatic rings. The maximum Gasteiger partial charge on any atom is 0.414 e. The normalized spacial score (nSPS) is 20.5. The SMILES string of the molecule is CC1CCCN(C(=O)C2CCN(Cc3ccc(Cl)cc3)CC2)C1.O=C(O)C(=O)O. The van der Waals surface area contributed by atoms with Gasteiger partial charge in [-0.15, -0.1) is 0 Å². The Kier molecular flexibility index (Phi) is 8.92. The fourth-order valence-electron chi connectivity index (χ4n) is 3.83. The highest BCUT2D eigenvalue weighted by Gasteiger charge is 2.30. The Morgan fingerprint density at radius 3 is 2.10 bits per heavy atom. The Morgan fingerprint density at radius 2 is 1.59 bits per heavy atom. The zero-order valence-corrected chi connectivity index (χ0v) is 17.5. The summed E-state index contributed by atoms with van der Waals surface area (Å²) in [5.74, 6) is -2.34. The molecule has 1 aromatic carbocycles. The number of carboxylic acid groups (broad SMARTS) is 2. The maximum absolute atomic E-state index is 12.7. The van der Waals surface area contributed by atoms with Gasteiger partial charge in [-0.1, -0.05) is 30.7 Å². The fraction of sp³-hybridized carbons (Fsp3) is 0.571. The van der Waals surface area contributed by atoms with Crippen LogP contribution in [0.25, 0.3) is 0 Å². The fourth-order valence-corrected chi connectivity index (χ4v) is 3.96. The van der Waals surface area contributed by atoms with Gasteiger partial charge in [0.15, 0.2) is 0 Å². The second-order valence-electron chi connectivity index (χ2n) is 7.82. The van der Waals surface area contributed by atoms with Crippen LogP contribution in [0.15, 0.2) is 24.3 Å². The van der Waals surface area contributed by atoms with Crippen molar-refractivity contribution >= 4 is 29.4 Å². The summed E-state index contributed by atoms with van der Waals surface area (Å²) in [6.45, 7) is 7.18. The molecule has 1 amide bonds. The van der Waals surface area contributed by atoms with Crippen molar-refractivity contribution in [3.63, 3.8) is 0 Å². The van der Waals surface area contributed by atoms with Gasteiger partial charge in [-0.3, -0.25) is 9.69 Å². The van der Waals surface area contributed by atoms with E-state index in [1.54, 1.807) is 0 Å². The smallest absolute Gasteiger partial charge is 0.414 e. The summed E-state index contributed by atoms with van der Waals surface area (Å²) in [7, 11) is 0. The van der Waals surface area contributed by atoms with Crippen molar-refractivity contribution in [2.24, 2.45) is 11.8 Å². The van der Waals surface area contributed by atoms with E-state index in [0.29, 0.717) is 11.8 Å². The van der Waals surface area contributed by atoms with Gasteiger partial charge in [0.25, 0.3) is 0 Å². The average molecular weight is 425 g/mol. The second kappa shape index (κ2) is 11.2. The molecule has 0 aliphatic carbocycles. The predicted molar refractivity (Wildman–Crippen MR) is 110 cm³/mol.